The number of oxazole rings is 1. The molecule has 1 aromatic heterocycles. The van der Waals surface area contributed by atoms with Crippen LogP contribution in [0, 0.1) is 0 Å². The number of carbonyl (C=O) groups is 1. The van der Waals surface area contributed by atoms with Gasteiger partial charge in [0.2, 0.25) is 5.89 Å². The van der Waals surface area contributed by atoms with Crippen LogP contribution in [0.3, 0.4) is 0 Å². The Bertz CT molecular complexity index is 686. The predicted octanol–water partition coefficient (Wildman–Crippen LogP) is 2.81. The number of rotatable bonds is 6. The summed E-state index contributed by atoms with van der Waals surface area (Å²) in [7, 11) is 3.94. The van der Waals surface area contributed by atoms with Crippen molar-refractivity contribution in [3.63, 3.8) is 0 Å². The molecule has 1 aliphatic rings. The van der Waals surface area contributed by atoms with Gasteiger partial charge in [-0.15, -0.1) is 0 Å². The summed E-state index contributed by atoms with van der Waals surface area (Å²) in [6, 6.07) is 9.87. The van der Waals surface area contributed by atoms with Crippen LogP contribution >= 0.6 is 0 Å². The molecule has 25 heavy (non-hydrogen) atoms. The lowest BCUT2D eigenvalue weighted by Crippen LogP contribution is -2.45. The maximum Gasteiger partial charge on any atom is 0.275 e. The topological polar surface area (TPSA) is 58.8 Å². The predicted molar refractivity (Wildman–Crippen MR) is 94.5 cm³/mol. The Morgan fingerprint density at radius 2 is 2.16 bits per heavy atom. The van der Waals surface area contributed by atoms with Crippen molar-refractivity contribution in [2.45, 2.75) is 31.9 Å². The highest BCUT2D eigenvalue weighted by molar-refractivity contribution is 5.91. The molecule has 0 unspecified atom stereocenters. The number of likely N-dealkylation sites (N-methyl/N-ethyl adjacent to an activating group) is 2. The zero-order valence-electron chi connectivity index (χ0n) is 14.9. The van der Waals surface area contributed by atoms with Gasteiger partial charge < -0.3 is 19.0 Å². The summed E-state index contributed by atoms with van der Waals surface area (Å²) < 4.78 is 11.0. The maximum atomic E-state index is 12.6. The van der Waals surface area contributed by atoms with E-state index in [1.165, 1.54) is 19.1 Å². The van der Waals surface area contributed by atoms with Crippen molar-refractivity contribution in [3.8, 4) is 5.75 Å². The quantitative estimate of drug-likeness (QED) is 0.807. The fraction of sp³-hybridized carbons (Fsp3) is 0.474. The van der Waals surface area contributed by atoms with E-state index in [0.717, 1.165) is 18.7 Å². The summed E-state index contributed by atoms with van der Waals surface area (Å²) in [4.78, 5) is 20.9. The van der Waals surface area contributed by atoms with Crippen LogP contribution in [0.2, 0.25) is 0 Å². The molecule has 1 amide bonds. The molecule has 134 valence electrons. The Morgan fingerprint density at radius 3 is 2.92 bits per heavy atom. The highest BCUT2D eigenvalue weighted by Gasteiger charge is 2.24. The molecule has 0 N–H and O–H groups in total. The van der Waals surface area contributed by atoms with E-state index in [9.17, 15) is 4.79 Å². The fourth-order valence-corrected chi connectivity index (χ4v) is 3.11. The zero-order valence-corrected chi connectivity index (χ0v) is 14.9. The van der Waals surface area contributed by atoms with E-state index in [1.54, 1.807) is 4.90 Å². The lowest BCUT2D eigenvalue weighted by atomic mass is 10.0. The molecule has 2 heterocycles. The van der Waals surface area contributed by atoms with Gasteiger partial charge in [-0.25, -0.2) is 4.98 Å². The van der Waals surface area contributed by atoms with E-state index in [-0.39, 0.29) is 12.5 Å². The van der Waals surface area contributed by atoms with Gasteiger partial charge in [0, 0.05) is 19.6 Å². The van der Waals surface area contributed by atoms with E-state index in [4.69, 9.17) is 9.15 Å². The Kier molecular flexibility index (Phi) is 5.71. The average molecular weight is 343 g/mol. The number of amides is 1. The monoisotopic (exact) mass is 343 g/mol. The first-order valence-corrected chi connectivity index (χ1v) is 8.71. The summed E-state index contributed by atoms with van der Waals surface area (Å²) in [6.45, 7) is 2.00. The van der Waals surface area contributed by atoms with Crippen LogP contribution in [0.5, 0.6) is 5.75 Å². The first kappa shape index (κ1) is 17.5. The normalized spacial score (nSPS) is 18.1. The van der Waals surface area contributed by atoms with Crippen molar-refractivity contribution in [1.82, 2.24) is 14.8 Å². The minimum atomic E-state index is -0.117. The number of likely N-dealkylation sites (tertiary alicyclic amines) is 1. The Balaban J connectivity index is 1.54. The number of benzene rings is 1. The SMILES string of the molecule is CN(C[C@H]1CCCCN1C)C(=O)c1coc(COc2ccccc2)n1. The van der Waals surface area contributed by atoms with Crippen LogP contribution in [-0.2, 0) is 6.61 Å². The number of aromatic nitrogens is 1. The number of nitrogens with zero attached hydrogens (tertiary/aromatic N) is 3. The zero-order chi connectivity index (χ0) is 17.6. The summed E-state index contributed by atoms with van der Waals surface area (Å²) in [5, 5.41) is 0. The number of carbonyl (C=O) groups excluding carboxylic acids is 1. The van der Waals surface area contributed by atoms with E-state index in [0.29, 0.717) is 24.2 Å². The Labute approximate surface area is 148 Å². The molecule has 3 rings (SSSR count). The molecule has 0 aliphatic carbocycles. The van der Waals surface area contributed by atoms with Crippen molar-refractivity contribution in [1.29, 1.82) is 0 Å². The van der Waals surface area contributed by atoms with Crippen molar-refractivity contribution in [2.75, 3.05) is 27.2 Å². The van der Waals surface area contributed by atoms with Crippen molar-refractivity contribution in [3.05, 3.63) is 48.2 Å². The van der Waals surface area contributed by atoms with E-state index >= 15 is 0 Å². The minimum absolute atomic E-state index is 0.117. The second kappa shape index (κ2) is 8.16. The lowest BCUT2D eigenvalue weighted by molar-refractivity contribution is 0.0711. The molecular weight excluding hydrogens is 318 g/mol. The van der Waals surface area contributed by atoms with Gasteiger partial charge in [-0.3, -0.25) is 4.79 Å². The molecule has 1 aliphatic heterocycles. The molecule has 1 atom stereocenters. The molecule has 1 aromatic carbocycles. The number of piperidine rings is 1. The second-order valence-electron chi connectivity index (χ2n) is 6.54. The third-order valence-corrected chi connectivity index (χ3v) is 4.63. The van der Waals surface area contributed by atoms with Gasteiger partial charge in [-0.05, 0) is 38.6 Å². The van der Waals surface area contributed by atoms with Gasteiger partial charge in [0.05, 0.1) is 0 Å². The van der Waals surface area contributed by atoms with Crippen LogP contribution in [-0.4, -0.2) is 53.9 Å². The van der Waals surface area contributed by atoms with Crippen molar-refractivity contribution in [2.24, 2.45) is 0 Å². The van der Waals surface area contributed by atoms with Gasteiger partial charge >= 0.3 is 0 Å². The van der Waals surface area contributed by atoms with Crippen LogP contribution in [0.25, 0.3) is 0 Å². The summed E-state index contributed by atoms with van der Waals surface area (Å²) in [5.41, 5.74) is 0.327. The molecule has 1 fully saturated rings. The highest BCUT2D eigenvalue weighted by Crippen LogP contribution is 2.17. The largest absolute Gasteiger partial charge is 0.484 e. The third-order valence-electron chi connectivity index (χ3n) is 4.63. The smallest absolute Gasteiger partial charge is 0.275 e. The average Bonchev–Trinajstić information content (AvgIpc) is 3.11. The van der Waals surface area contributed by atoms with Crippen LogP contribution < -0.4 is 4.74 Å². The molecule has 0 spiro atoms. The third kappa shape index (κ3) is 4.60. The van der Waals surface area contributed by atoms with Gasteiger partial charge in [0.25, 0.3) is 5.91 Å². The van der Waals surface area contributed by atoms with Crippen LogP contribution in [0.15, 0.2) is 41.0 Å². The first-order valence-electron chi connectivity index (χ1n) is 8.71. The number of ether oxygens (including phenoxy) is 1. The summed E-state index contributed by atoms with van der Waals surface area (Å²) in [6.07, 6.45) is 5.00. The standard InChI is InChI=1S/C19H25N3O3/c1-21-11-7-6-8-15(21)12-22(2)19(23)17-13-25-18(20-17)14-24-16-9-4-3-5-10-16/h3-5,9-10,13,15H,6-8,11-12,14H2,1-2H3/t15-/m1/s1. The van der Waals surface area contributed by atoms with Crippen molar-refractivity contribution >= 4 is 5.91 Å². The Morgan fingerprint density at radius 1 is 1.36 bits per heavy atom. The number of hydrogen-bond acceptors (Lipinski definition) is 5. The summed E-state index contributed by atoms with van der Waals surface area (Å²) >= 11 is 0. The lowest BCUT2D eigenvalue weighted by Gasteiger charge is -2.34. The van der Waals surface area contributed by atoms with Crippen LogP contribution in [0.4, 0.5) is 0 Å². The molecule has 6 heteroatoms. The van der Waals surface area contributed by atoms with Crippen LogP contribution in [0.1, 0.15) is 35.6 Å². The molecule has 0 radical (unpaired) electrons. The van der Waals surface area contributed by atoms with Gasteiger partial charge in [-0.1, -0.05) is 24.6 Å². The van der Waals surface area contributed by atoms with Gasteiger partial charge in [0.15, 0.2) is 12.3 Å². The second-order valence-corrected chi connectivity index (χ2v) is 6.54. The fourth-order valence-electron chi connectivity index (χ4n) is 3.11. The number of hydrogen-bond donors (Lipinski definition) is 0. The molecule has 0 bridgehead atoms. The van der Waals surface area contributed by atoms with E-state index < -0.39 is 0 Å². The maximum absolute atomic E-state index is 12.6. The Hall–Kier alpha value is -2.34. The number of para-hydroxylation sites is 1. The highest BCUT2D eigenvalue weighted by atomic mass is 16.5. The molecule has 6 nitrogen and oxygen atoms in total. The van der Waals surface area contributed by atoms with E-state index in [1.807, 2.05) is 37.4 Å². The molecular formula is C19H25N3O3. The van der Waals surface area contributed by atoms with E-state index in [2.05, 4.69) is 16.9 Å². The molecule has 2 aromatic rings. The van der Waals surface area contributed by atoms with Gasteiger partial charge in [0.1, 0.15) is 12.0 Å². The van der Waals surface area contributed by atoms with Gasteiger partial charge in [-0.2, -0.15) is 0 Å². The first-order chi connectivity index (χ1) is 12.1. The summed E-state index contributed by atoms with van der Waals surface area (Å²) in [5.74, 6) is 1.02. The molecule has 0 saturated carbocycles. The van der Waals surface area contributed by atoms with Crippen molar-refractivity contribution < 1.29 is 13.9 Å². The molecule has 1 saturated heterocycles. The minimum Gasteiger partial charge on any atom is -0.484 e.